The lowest BCUT2D eigenvalue weighted by atomic mass is 10.3. The zero-order valence-corrected chi connectivity index (χ0v) is 8.22. The Kier molecular flexibility index (Phi) is 4.95. The van der Waals surface area contributed by atoms with Crippen LogP contribution < -0.4 is 0 Å². The second kappa shape index (κ2) is 5.19. The van der Waals surface area contributed by atoms with Crippen molar-refractivity contribution in [2.24, 2.45) is 0 Å². The Morgan fingerprint density at radius 3 is 2.09 bits per heavy atom. The largest absolute Gasteiger partial charge is 0.379 e. The van der Waals surface area contributed by atoms with E-state index in [0.29, 0.717) is 0 Å². The molecule has 0 aromatic carbocycles. The second-order valence-electron chi connectivity index (χ2n) is 3.31. The van der Waals surface area contributed by atoms with Gasteiger partial charge in [0.1, 0.15) is 0 Å². The third-order valence-electron chi connectivity index (χ3n) is 1.75. The molecular formula is C9H20N2. The summed E-state index contributed by atoms with van der Waals surface area (Å²) >= 11 is 0. The number of nitrogens with zero attached hydrogens (tertiary/aromatic N) is 2. The van der Waals surface area contributed by atoms with Crippen molar-refractivity contribution in [1.29, 1.82) is 0 Å². The lowest BCUT2D eigenvalue weighted by Crippen LogP contribution is -2.21. The Balaban J connectivity index is 3.31. The van der Waals surface area contributed by atoms with Gasteiger partial charge >= 0.3 is 0 Å². The molecular weight excluding hydrogens is 136 g/mol. The molecule has 0 fully saturated rings. The monoisotopic (exact) mass is 156 g/mol. The number of hydrogen-bond donors (Lipinski definition) is 0. The first-order valence-corrected chi connectivity index (χ1v) is 4.05. The summed E-state index contributed by atoms with van der Waals surface area (Å²) in [4.78, 5) is 4.38. The van der Waals surface area contributed by atoms with Crippen LogP contribution in [0.3, 0.4) is 0 Å². The molecule has 0 aromatic rings. The van der Waals surface area contributed by atoms with Gasteiger partial charge in [0.25, 0.3) is 0 Å². The van der Waals surface area contributed by atoms with Gasteiger partial charge in [-0.25, -0.2) is 0 Å². The molecule has 0 radical (unpaired) electrons. The fourth-order valence-electron chi connectivity index (χ4n) is 0.815. The fourth-order valence-corrected chi connectivity index (χ4v) is 0.815. The van der Waals surface area contributed by atoms with Gasteiger partial charge in [-0.3, -0.25) is 0 Å². The molecule has 2 heteroatoms. The molecule has 0 unspecified atom stereocenters. The summed E-state index contributed by atoms with van der Waals surface area (Å²) < 4.78 is 0. The van der Waals surface area contributed by atoms with E-state index < -0.39 is 0 Å². The summed E-state index contributed by atoms with van der Waals surface area (Å²) in [6.45, 7) is 8.16. The minimum Gasteiger partial charge on any atom is -0.379 e. The van der Waals surface area contributed by atoms with E-state index in [4.69, 9.17) is 0 Å². The molecule has 0 aliphatic rings. The van der Waals surface area contributed by atoms with Gasteiger partial charge in [0.15, 0.2) is 0 Å². The number of allylic oxidation sites excluding steroid dienone is 1. The van der Waals surface area contributed by atoms with Crippen molar-refractivity contribution < 1.29 is 0 Å². The zero-order chi connectivity index (χ0) is 8.85. The van der Waals surface area contributed by atoms with Crippen LogP contribution in [-0.2, 0) is 0 Å². The minimum atomic E-state index is 1.10. The number of hydrogen-bond acceptors (Lipinski definition) is 2. The van der Waals surface area contributed by atoms with Crippen molar-refractivity contribution in [3.63, 3.8) is 0 Å². The molecule has 0 amide bonds. The first-order chi connectivity index (χ1) is 5.04. The Morgan fingerprint density at radius 2 is 1.73 bits per heavy atom. The highest BCUT2D eigenvalue weighted by Gasteiger charge is 1.96. The molecule has 0 rings (SSSR count). The Hall–Kier alpha value is -0.500. The van der Waals surface area contributed by atoms with Crippen LogP contribution in [-0.4, -0.2) is 44.0 Å². The van der Waals surface area contributed by atoms with E-state index in [1.165, 1.54) is 6.42 Å². The minimum absolute atomic E-state index is 1.10. The molecule has 0 atom stereocenters. The highest BCUT2D eigenvalue weighted by atomic mass is 15.1. The van der Waals surface area contributed by atoms with E-state index in [2.05, 4.69) is 37.5 Å². The molecule has 0 saturated carbocycles. The summed E-state index contributed by atoms with van der Waals surface area (Å²) in [5.74, 6) is 0. The smallest absolute Gasteiger partial charge is 0.0183 e. The molecule has 0 aliphatic carbocycles. The van der Waals surface area contributed by atoms with Crippen molar-refractivity contribution in [1.82, 2.24) is 9.80 Å². The standard InChI is InChI=1S/C9H20N2/c1-9(2)11(5)8-6-7-10(3)4/h1,6-8H2,2-5H3. The Morgan fingerprint density at radius 1 is 1.18 bits per heavy atom. The topological polar surface area (TPSA) is 6.48 Å². The van der Waals surface area contributed by atoms with Gasteiger partial charge in [-0.2, -0.15) is 0 Å². The van der Waals surface area contributed by atoms with Crippen molar-refractivity contribution in [2.45, 2.75) is 13.3 Å². The molecule has 2 nitrogen and oxygen atoms in total. The van der Waals surface area contributed by atoms with Crippen molar-refractivity contribution >= 4 is 0 Å². The van der Waals surface area contributed by atoms with E-state index in [1.54, 1.807) is 0 Å². The van der Waals surface area contributed by atoms with Gasteiger partial charge in [0.05, 0.1) is 0 Å². The van der Waals surface area contributed by atoms with Crippen molar-refractivity contribution in [2.75, 3.05) is 34.2 Å². The lowest BCUT2D eigenvalue weighted by Gasteiger charge is -2.19. The maximum Gasteiger partial charge on any atom is 0.0183 e. The normalized spacial score (nSPS) is 10.3. The van der Waals surface area contributed by atoms with E-state index in [1.807, 2.05) is 6.92 Å². The van der Waals surface area contributed by atoms with Gasteiger partial charge in [0.2, 0.25) is 0 Å². The third kappa shape index (κ3) is 5.92. The molecule has 66 valence electrons. The lowest BCUT2D eigenvalue weighted by molar-refractivity contribution is 0.346. The summed E-state index contributed by atoms with van der Waals surface area (Å²) in [6, 6.07) is 0. The predicted octanol–water partition coefficient (Wildman–Crippen LogP) is 1.40. The van der Waals surface area contributed by atoms with E-state index >= 15 is 0 Å². The van der Waals surface area contributed by atoms with Crippen molar-refractivity contribution in [3.8, 4) is 0 Å². The van der Waals surface area contributed by atoms with Crippen LogP contribution in [0.1, 0.15) is 13.3 Å². The van der Waals surface area contributed by atoms with Crippen LogP contribution in [0.25, 0.3) is 0 Å². The third-order valence-corrected chi connectivity index (χ3v) is 1.75. The zero-order valence-electron chi connectivity index (χ0n) is 8.22. The number of rotatable bonds is 5. The highest BCUT2D eigenvalue weighted by molar-refractivity contribution is 4.85. The fraction of sp³-hybridized carbons (Fsp3) is 0.778. The maximum absolute atomic E-state index is 3.87. The average Bonchev–Trinajstić information content (AvgIpc) is 1.86. The summed E-state index contributed by atoms with van der Waals surface area (Å²) in [7, 11) is 6.28. The van der Waals surface area contributed by atoms with Gasteiger partial charge in [-0.05, 0) is 34.0 Å². The molecule has 0 aromatic heterocycles. The van der Waals surface area contributed by atoms with Gasteiger partial charge in [0, 0.05) is 19.3 Å². The second-order valence-corrected chi connectivity index (χ2v) is 3.31. The van der Waals surface area contributed by atoms with E-state index in [9.17, 15) is 0 Å². The molecule has 0 bridgehead atoms. The maximum atomic E-state index is 3.87. The van der Waals surface area contributed by atoms with Crippen LogP contribution in [0.15, 0.2) is 12.3 Å². The Labute approximate surface area is 70.5 Å². The van der Waals surface area contributed by atoms with Crippen LogP contribution in [0.5, 0.6) is 0 Å². The predicted molar refractivity (Wildman–Crippen MR) is 50.6 cm³/mol. The molecule has 0 saturated heterocycles. The summed E-state index contributed by atoms with van der Waals surface area (Å²) in [6.07, 6.45) is 1.20. The van der Waals surface area contributed by atoms with Gasteiger partial charge < -0.3 is 9.80 Å². The first kappa shape index (κ1) is 10.5. The molecule has 0 N–H and O–H groups in total. The Bertz CT molecular complexity index is 119. The quantitative estimate of drug-likeness (QED) is 0.593. The van der Waals surface area contributed by atoms with Crippen LogP contribution in [0.2, 0.25) is 0 Å². The van der Waals surface area contributed by atoms with Gasteiger partial charge in [-0.1, -0.05) is 6.58 Å². The van der Waals surface area contributed by atoms with E-state index in [0.717, 1.165) is 18.8 Å². The highest BCUT2D eigenvalue weighted by Crippen LogP contribution is 1.96. The van der Waals surface area contributed by atoms with Crippen molar-refractivity contribution in [3.05, 3.63) is 12.3 Å². The molecule has 0 heterocycles. The molecule has 0 aliphatic heterocycles. The van der Waals surface area contributed by atoms with Gasteiger partial charge in [-0.15, -0.1) is 0 Å². The SMILES string of the molecule is C=C(C)N(C)CCCN(C)C. The summed E-state index contributed by atoms with van der Waals surface area (Å²) in [5.41, 5.74) is 1.14. The summed E-state index contributed by atoms with van der Waals surface area (Å²) in [5, 5.41) is 0. The van der Waals surface area contributed by atoms with E-state index in [-0.39, 0.29) is 0 Å². The van der Waals surface area contributed by atoms with Crippen LogP contribution in [0, 0.1) is 0 Å². The first-order valence-electron chi connectivity index (χ1n) is 4.05. The molecule has 11 heavy (non-hydrogen) atoms. The molecule has 0 spiro atoms. The van der Waals surface area contributed by atoms with Crippen LogP contribution >= 0.6 is 0 Å². The van der Waals surface area contributed by atoms with Crippen LogP contribution in [0.4, 0.5) is 0 Å². The average molecular weight is 156 g/mol.